The minimum atomic E-state index is -0.363. The van der Waals surface area contributed by atoms with Crippen molar-refractivity contribution in [1.29, 1.82) is 0 Å². The Balaban J connectivity index is 1.68. The van der Waals surface area contributed by atoms with Crippen LogP contribution in [0.25, 0.3) is 0 Å². The van der Waals surface area contributed by atoms with Crippen LogP contribution in [0.15, 0.2) is 42.7 Å². The number of carbonyl (C=O) groups excluding carboxylic acids is 1. The molecule has 3 rings (SSSR count). The molecule has 0 aliphatic carbocycles. The molecule has 1 N–H and O–H groups in total. The number of nitrogens with zero attached hydrogens (tertiary/aromatic N) is 2. The number of hydrogen-bond donors (Lipinski definition) is 1. The third-order valence-corrected chi connectivity index (χ3v) is 3.54. The van der Waals surface area contributed by atoms with E-state index in [1.54, 1.807) is 18.2 Å². The molecule has 1 amide bonds. The second kappa shape index (κ2) is 7.15. The Kier molecular flexibility index (Phi) is 4.77. The van der Waals surface area contributed by atoms with Crippen LogP contribution in [0.4, 0.5) is 4.39 Å². The number of aromatic nitrogens is 2. The van der Waals surface area contributed by atoms with Gasteiger partial charge in [-0.2, -0.15) is 10.2 Å². The Labute approximate surface area is 132 Å². The Bertz CT molecular complexity index is 669. The maximum atomic E-state index is 13.3. The van der Waals surface area contributed by atoms with Gasteiger partial charge in [-0.25, -0.2) is 4.39 Å². The molecule has 2 aromatic rings. The van der Waals surface area contributed by atoms with Crippen LogP contribution in [0, 0.1) is 5.82 Å². The highest BCUT2D eigenvalue weighted by atomic mass is 19.1. The molecule has 7 heteroatoms. The van der Waals surface area contributed by atoms with Crippen LogP contribution >= 0.6 is 0 Å². The van der Waals surface area contributed by atoms with Crippen LogP contribution in [0.3, 0.4) is 0 Å². The number of benzene rings is 1. The third-order valence-electron chi connectivity index (χ3n) is 3.54. The topological polar surface area (TPSA) is 73.3 Å². The number of hydrogen-bond acceptors (Lipinski definition) is 5. The summed E-state index contributed by atoms with van der Waals surface area (Å²) in [5.41, 5.74) is 0.412. The van der Waals surface area contributed by atoms with Gasteiger partial charge in [0, 0.05) is 12.5 Å². The zero-order valence-electron chi connectivity index (χ0n) is 12.3. The predicted octanol–water partition coefficient (Wildman–Crippen LogP) is 1.58. The molecule has 0 spiro atoms. The summed E-state index contributed by atoms with van der Waals surface area (Å²) in [5.74, 6) is -0.206. The fraction of sp³-hybridized carbons (Fsp3) is 0.312. The molecule has 2 atom stereocenters. The Morgan fingerprint density at radius 1 is 1.35 bits per heavy atom. The second-order valence-corrected chi connectivity index (χ2v) is 5.19. The molecule has 2 heterocycles. The summed E-state index contributed by atoms with van der Waals surface area (Å²) >= 11 is 0. The molecular formula is C16H16FN3O3. The van der Waals surface area contributed by atoms with Gasteiger partial charge in [0.05, 0.1) is 37.2 Å². The number of amides is 1. The summed E-state index contributed by atoms with van der Waals surface area (Å²) in [5, 5.41) is 10.2. The van der Waals surface area contributed by atoms with Gasteiger partial charge in [0.1, 0.15) is 17.7 Å². The van der Waals surface area contributed by atoms with Crippen molar-refractivity contribution in [2.45, 2.75) is 18.6 Å². The fourth-order valence-corrected chi connectivity index (χ4v) is 2.39. The highest BCUT2D eigenvalue weighted by Gasteiger charge is 2.29. The molecule has 1 aromatic heterocycles. The van der Waals surface area contributed by atoms with E-state index in [1.807, 2.05) is 0 Å². The van der Waals surface area contributed by atoms with Gasteiger partial charge in [0.2, 0.25) is 0 Å². The first kappa shape index (κ1) is 15.4. The first-order valence-corrected chi connectivity index (χ1v) is 7.30. The lowest BCUT2D eigenvalue weighted by atomic mass is 10.1. The molecule has 1 aromatic carbocycles. The average Bonchev–Trinajstić information content (AvgIpc) is 2.57. The molecule has 1 aliphatic rings. The number of nitrogens with one attached hydrogen (secondary N) is 1. The highest BCUT2D eigenvalue weighted by molar-refractivity contribution is 5.93. The van der Waals surface area contributed by atoms with E-state index in [2.05, 4.69) is 15.5 Å². The largest absolute Gasteiger partial charge is 0.488 e. The van der Waals surface area contributed by atoms with E-state index in [0.717, 1.165) is 0 Å². The fourth-order valence-electron chi connectivity index (χ4n) is 2.39. The molecule has 1 aliphatic heterocycles. The van der Waals surface area contributed by atoms with E-state index in [4.69, 9.17) is 9.47 Å². The minimum Gasteiger partial charge on any atom is -0.488 e. The number of carbonyl (C=O) groups is 1. The molecule has 0 bridgehead atoms. The van der Waals surface area contributed by atoms with Crippen molar-refractivity contribution >= 4 is 5.91 Å². The summed E-state index contributed by atoms with van der Waals surface area (Å²) in [6, 6.07) is 7.19. The zero-order valence-corrected chi connectivity index (χ0v) is 12.3. The zero-order chi connectivity index (χ0) is 16.1. The first-order chi connectivity index (χ1) is 11.2. The van der Waals surface area contributed by atoms with Gasteiger partial charge in [0.15, 0.2) is 0 Å². The third kappa shape index (κ3) is 4.01. The lowest BCUT2D eigenvalue weighted by Gasteiger charge is -2.32. The first-order valence-electron chi connectivity index (χ1n) is 7.30. The highest BCUT2D eigenvalue weighted by Crippen LogP contribution is 2.19. The van der Waals surface area contributed by atoms with Gasteiger partial charge in [-0.3, -0.25) is 4.79 Å². The summed E-state index contributed by atoms with van der Waals surface area (Å²) in [7, 11) is 0. The van der Waals surface area contributed by atoms with Gasteiger partial charge in [-0.1, -0.05) is 6.07 Å². The van der Waals surface area contributed by atoms with Gasteiger partial charge in [-0.15, -0.1) is 0 Å². The summed E-state index contributed by atoms with van der Waals surface area (Å²) in [6.45, 7) is 0.868. The molecule has 23 heavy (non-hydrogen) atoms. The molecule has 0 unspecified atom stereocenters. The van der Waals surface area contributed by atoms with Gasteiger partial charge in [0.25, 0.3) is 5.91 Å². The normalized spacial score (nSPS) is 20.7. The smallest absolute Gasteiger partial charge is 0.253 e. The van der Waals surface area contributed by atoms with Crippen molar-refractivity contribution in [3.8, 4) is 5.75 Å². The van der Waals surface area contributed by atoms with Crippen molar-refractivity contribution in [2.75, 3.05) is 13.2 Å². The summed E-state index contributed by atoms with van der Waals surface area (Å²) in [6.07, 6.45) is 3.16. The van der Waals surface area contributed by atoms with Crippen LogP contribution in [0.2, 0.25) is 0 Å². The molecule has 0 saturated carbocycles. The standard InChI is InChI=1S/C16H16FN3O3/c17-12-2-1-3-13(8-12)23-15-5-7-22-10-14(15)20-16(21)11-4-6-18-19-9-11/h1-4,6,8-9,14-15H,5,7,10H2,(H,20,21)/t14-,15+/m1/s1. The molecule has 1 saturated heterocycles. The van der Waals surface area contributed by atoms with E-state index in [-0.39, 0.29) is 23.9 Å². The van der Waals surface area contributed by atoms with Gasteiger partial charge in [-0.05, 0) is 18.2 Å². The lowest BCUT2D eigenvalue weighted by molar-refractivity contribution is -0.00298. The monoisotopic (exact) mass is 317 g/mol. The summed E-state index contributed by atoms with van der Waals surface area (Å²) < 4.78 is 24.5. The molecule has 6 nitrogen and oxygen atoms in total. The Morgan fingerprint density at radius 2 is 2.26 bits per heavy atom. The lowest BCUT2D eigenvalue weighted by Crippen LogP contribution is -2.51. The van der Waals surface area contributed by atoms with Crippen molar-refractivity contribution < 1.29 is 18.7 Å². The van der Waals surface area contributed by atoms with Crippen LogP contribution in [0.1, 0.15) is 16.8 Å². The van der Waals surface area contributed by atoms with Crippen LogP contribution in [-0.4, -0.2) is 41.5 Å². The number of rotatable bonds is 4. The van der Waals surface area contributed by atoms with Crippen LogP contribution in [-0.2, 0) is 4.74 Å². The van der Waals surface area contributed by atoms with E-state index in [0.29, 0.717) is 30.9 Å². The number of ether oxygens (including phenoxy) is 2. The molecule has 120 valence electrons. The second-order valence-electron chi connectivity index (χ2n) is 5.19. The number of halogens is 1. The van der Waals surface area contributed by atoms with Gasteiger partial charge < -0.3 is 14.8 Å². The summed E-state index contributed by atoms with van der Waals surface area (Å²) in [4.78, 5) is 12.2. The van der Waals surface area contributed by atoms with E-state index < -0.39 is 0 Å². The Morgan fingerprint density at radius 3 is 3.04 bits per heavy atom. The van der Waals surface area contributed by atoms with Crippen molar-refractivity contribution in [3.05, 3.63) is 54.1 Å². The van der Waals surface area contributed by atoms with Gasteiger partial charge >= 0.3 is 0 Å². The molecule has 1 fully saturated rings. The minimum absolute atomic E-state index is 0.275. The van der Waals surface area contributed by atoms with E-state index >= 15 is 0 Å². The maximum Gasteiger partial charge on any atom is 0.253 e. The predicted molar refractivity (Wildman–Crippen MR) is 79.5 cm³/mol. The van der Waals surface area contributed by atoms with E-state index in [9.17, 15) is 9.18 Å². The van der Waals surface area contributed by atoms with E-state index in [1.165, 1.54) is 24.5 Å². The SMILES string of the molecule is O=C(N[C@@H]1COCC[C@@H]1Oc1cccc(F)c1)c1ccnnc1. The quantitative estimate of drug-likeness (QED) is 0.927. The molecule has 0 radical (unpaired) electrons. The average molecular weight is 317 g/mol. The van der Waals surface area contributed by atoms with Crippen molar-refractivity contribution in [3.63, 3.8) is 0 Å². The molecular weight excluding hydrogens is 301 g/mol. The van der Waals surface area contributed by atoms with Crippen LogP contribution in [0.5, 0.6) is 5.75 Å². The van der Waals surface area contributed by atoms with Crippen LogP contribution < -0.4 is 10.1 Å². The Hall–Kier alpha value is -2.54. The van der Waals surface area contributed by atoms with Crippen molar-refractivity contribution in [2.24, 2.45) is 0 Å². The maximum absolute atomic E-state index is 13.3. The van der Waals surface area contributed by atoms with Crippen molar-refractivity contribution in [1.82, 2.24) is 15.5 Å².